The maximum atomic E-state index is 14.5. The standard InChI is InChI=1S/C26H33FN4O4/c1-25(2,31-7-5-30(6-8-31)21-4-3-16(15-28)11-20(21)27)23(32)29-22-18-9-17-10-19(22)14-26(12-17,13-18)35-24(33)34/h3-4,11,17-19,22H,5-10,12-14H2,1-2H3,(H,29,32)(H,33,34). The maximum absolute atomic E-state index is 14.5. The molecule has 4 aliphatic carbocycles. The lowest BCUT2D eigenvalue weighted by Crippen LogP contribution is -2.66. The highest BCUT2D eigenvalue weighted by molar-refractivity contribution is 5.85. The number of carboxylic acid groups (broad SMARTS) is 1. The molecule has 2 unspecified atom stereocenters. The molecule has 0 spiro atoms. The van der Waals surface area contributed by atoms with Gasteiger partial charge >= 0.3 is 6.16 Å². The van der Waals surface area contributed by atoms with Gasteiger partial charge in [0, 0.05) is 32.2 Å². The Morgan fingerprint density at radius 2 is 1.83 bits per heavy atom. The van der Waals surface area contributed by atoms with Crippen LogP contribution in [0.15, 0.2) is 18.2 Å². The van der Waals surface area contributed by atoms with Crippen molar-refractivity contribution in [1.29, 1.82) is 5.26 Å². The second-order valence-electron chi connectivity index (χ2n) is 11.3. The topological polar surface area (TPSA) is 106 Å². The lowest BCUT2D eigenvalue weighted by molar-refractivity contribution is -0.157. The van der Waals surface area contributed by atoms with E-state index in [4.69, 9.17) is 10.00 Å². The van der Waals surface area contributed by atoms with Crippen molar-refractivity contribution >= 4 is 17.7 Å². The van der Waals surface area contributed by atoms with Crippen molar-refractivity contribution in [3.8, 4) is 6.07 Å². The van der Waals surface area contributed by atoms with Gasteiger partial charge in [-0.25, -0.2) is 9.18 Å². The van der Waals surface area contributed by atoms with E-state index in [1.54, 1.807) is 12.1 Å². The molecule has 2 N–H and O–H groups in total. The van der Waals surface area contributed by atoms with Crippen LogP contribution in [0.5, 0.6) is 0 Å². The summed E-state index contributed by atoms with van der Waals surface area (Å²) in [4.78, 5) is 28.9. The molecule has 1 aromatic carbocycles. The highest BCUT2D eigenvalue weighted by atomic mass is 19.1. The van der Waals surface area contributed by atoms with Crippen LogP contribution in [0.2, 0.25) is 0 Å². The Morgan fingerprint density at radius 1 is 1.17 bits per heavy atom. The zero-order chi connectivity index (χ0) is 25.0. The third-order valence-electron chi connectivity index (χ3n) is 8.86. The van der Waals surface area contributed by atoms with Gasteiger partial charge in [-0.15, -0.1) is 0 Å². The van der Waals surface area contributed by atoms with Crippen molar-refractivity contribution < 1.29 is 23.8 Å². The molecule has 9 heteroatoms. The molecule has 2 atom stereocenters. The van der Waals surface area contributed by atoms with Crippen molar-refractivity contribution in [2.45, 2.75) is 63.1 Å². The number of hydrogen-bond donors (Lipinski definition) is 2. The molecule has 188 valence electrons. The largest absolute Gasteiger partial charge is 0.506 e. The number of nitrogens with one attached hydrogen (secondary N) is 1. The lowest BCUT2D eigenvalue weighted by atomic mass is 9.52. The first-order chi connectivity index (χ1) is 16.6. The number of ether oxygens (including phenoxy) is 1. The lowest BCUT2D eigenvalue weighted by Gasteiger charge is -2.59. The molecular formula is C26H33FN4O4. The highest BCUT2D eigenvalue weighted by Crippen LogP contribution is 2.57. The predicted molar refractivity (Wildman–Crippen MR) is 126 cm³/mol. The smallest absolute Gasteiger partial charge is 0.450 e. The van der Waals surface area contributed by atoms with Crippen LogP contribution in [0.25, 0.3) is 0 Å². The number of halogens is 1. The monoisotopic (exact) mass is 484 g/mol. The number of hydrogen-bond acceptors (Lipinski definition) is 6. The minimum Gasteiger partial charge on any atom is -0.450 e. The minimum absolute atomic E-state index is 0.0128. The molecular weight excluding hydrogens is 451 g/mol. The summed E-state index contributed by atoms with van der Waals surface area (Å²) in [5.74, 6) is 0.555. The van der Waals surface area contributed by atoms with Gasteiger partial charge in [-0.05, 0) is 81.9 Å². The van der Waals surface area contributed by atoms with Crippen LogP contribution in [0.1, 0.15) is 51.5 Å². The van der Waals surface area contributed by atoms with Gasteiger partial charge in [-0.1, -0.05) is 0 Å². The number of rotatable bonds is 5. The van der Waals surface area contributed by atoms with Crippen LogP contribution in [0, 0.1) is 34.9 Å². The molecule has 1 aliphatic heterocycles. The predicted octanol–water partition coefficient (Wildman–Crippen LogP) is 3.36. The van der Waals surface area contributed by atoms with Gasteiger partial charge < -0.3 is 20.1 Å². The number of anilines is 1. The van der Waals surface area contributed by atoms with Gasteiger partial charge in [-0.3, -0.25) is 9.69 Å². The van der Waals surface area contributed by atoms with Crippen molar-refractivity contribution in [2.24, 2.45) is 17.8 Å². The van der Waals surface area contributed by atoms with E-state index in [9.17, 15) is 19.1 Å². The molecule has 1 amide bonds. The Hall–Kier alpha value is -2.86. The van der Waals surface area contributed by atoms with E-state index in [-0.39, 0.29) is 23.8 Å². The normalized spacial score (nSPS) is 32.2. The van der Waals surface area contributed by atoms with Crippen molar-refractivity contribution in [2.75, 3.05) is 31.1 Å². The third-order valence-corrected chi connectivity index (χ3v) is 8.86. The van der Waals surface area contributed by atoms with Crippen molar-refractivity contribution in [3.05, 3.63) is 29.6 Å². The molecule has 5 aliphatic rings. The molecule has 5 fully saturated rings. The minimum atomic E-state index is -1.20. The van der Waals surface area contributed by atoms with Crippen LogP contribution < -0.4 is 10.2 Å². The molecule has 35 heavy (non-hydrogen) atoms. The Morgan fingerprint density at radius 3 is 2.40 bits per heavy atom. The van der Waals surface area contributed by atoms with E-state index in [2.05, 4.69) is 10.2 Å². The fraction of sp³-hybridized carbons (Fsp3) is 0.654. The van der Waals surface area contributed by atoms with Crippen LogP contribution >= 0.6 is 0 Å². The Labute approximate surface area is 205 Å². The Balaban J connectivity index is 1.21. The van der Waals surface area contributed by atoms with Gasteiger partial charge in [0.15, 0.2) is 0 Å². The van der Waals surface area contributed by atoms with E-state index in [1.807, 2.05) is 24.8 Å². The van der Waals surface area contributed by atoms with Crippen LogP contribution in [-0.2, 0) is 9.53 Å². The second kappa shape index (κ2) is 8.66. The molecule has 6 rings (SSSR count). The summed E-state index contributed by atoms with van der Waals surface area (Å²) in [5, 5.41) is 21.5. The number of nitrogens with zero attached hydrogens (tertiary/aromatic N) is 3. The average molecular weight is 485 g/mol. The number of piperazine rings is 1. The van der Waals surface area contributed by atoms with E-state index in [0.29, 0.717) is 56.2 Å². The molecule has 0 aromatic heterocycles. The maximum Gasteiger partial charge on any atom is 0.506 e. The summed E-state index contributed by atoms with van der Waals surface area (Å²) in [6, 6.07) is 6.54. The van der Waals surface area contributed by atoms with Gasteiger partial charge in [0.1, 0.15) is 11.4 Å². The summed E-state index contributed by atoms with van der Waals surface area (Å²) in [7, 11) is 0. The number of carbonyl (C=O) groups excluding carboxylic acids is 1. The molecule has 1 saturated heterocycles. The summed E-state index contributed by atoms with van der Waals surface area (Å²) in [5.41, 5.74) is -0.514. The van der Waals surface area contributed by atoms with Gasteiger partial charge in [0.25, 0.3) is 0 Å². The van der Waals surface area contributed by atoms with E-state index in [1.165, 1.54) is 6.07 Å². The third kappa shape index (κ3) is 4.33. The summed E-state index contributed by atoms with van der Waals surface area (Å²) < 4.78 is 19.9. The second-order valence-corrected chi connectivity index (χ2v) is 11.3. The van der Waals surface area contributed by atoms with Crippen molar-refractivity contribution in [3.63, 3.8) is 0 Å². The molecule has 1 heterocycles. The van der Waals surface area contributed by atoms with Crippen LogP contribution in [-0.4, -0.2) is 65.4 Å². The fourth-order valence-electron chi connectivity index (χ4n) is 7.31. The molecule has 0 radical (unpaired) electrons. The highest BCUT2D eigenvalue weighted by Gasteiger charge is 2.58. The quantitative estimate of drug-likeness (QED) is 0.618. The molecule has 4 bridgehead atoms. The van der Waals surface area contributed by atoms with Crippen molar-refractivity contribution in [1.82, 2.24) is 10.2 Å². The van der Waals surface area contributed by atoms with Crippen LogP contribution in [0.3, 0.4) is 0 Å². The molecule has 1 aromatic rings. The average Bonchev–Trinajstić information content (AvgIpc) is 2.80. The first-order valence-electron chi connectivity index (χ1n) is 12.5. The summed E-state index contributed by atoms with van der Waals surface area (Å²) in [6.07, 6.45) is 3.01. The van der Waals surface area contributed by atoms with E-state index in [0.717, 1.165) is 19.3 Å². The number of carbonyl (C=O) groups is 2. The zero-order valence-electron chi connectivity index (χ0n) is 20.3. The van der Waals surface area contributed by atoms with E-state index >= 15 is 0 Å². The fourth-order valence-corrected chi connectivity index (χ4v) is 7.31. The SMILES string of the molecule is CC(C)(C(=O)NC1C2CC3CC1CC(OC(=O)O)(C3)C2)N1CCN(c2ccc(C#N)cc2F)CC1. The zero-order valence-corrected chi connectivity index (χ0v) is 20.3. The first-order valence-corrected chi connectivity index (χ1v) is 12.5. The van der Waals surface area contributed by atoms with Gasteiger partial charge in [-0.2, -0.15) is 5.26 Å². The Kier molecular flexibility index (Phi) is 5.91. The molecule has 8 nitrogen and oxygen atoms in total. The number of nitriles is 1. The number of amides is 1. The summed E-state index contributed by atoms with van der Waals surface area (Å²) in [6.45, 7) is 6.29. The van der Waals surface area contributed by atoms with E-state index < -0.39 is 23.1 Å². The number of benzene rings is 1. The van der Waals surface area contributed by atoms with Gasteiger partial charge in [0.05, 0.1) is 22.9 Å². The summed E-state index contributed by atoms with van der Waals surface area (Å²) >= 11 is 0. The Bertz CT molecular complexity index is 1050. The van der Waals surface area contributed by atoms with Gasteiger partial charge in [0.2, 0.25) is 5.91 Å². The van der Waals surface area contributed by atoms with Crippen LogP contribution in [0.4, 0.5) is 14.9 Å². The molecule has 4 saturated carbocycles. The first kappa shape index (κ1) is 23.9.